The van der Waals surface area contributed by atoms with E-state index in [0.717, 1.165) is 44.4 Å². The van der Waals surface area contributed by atoms with E-state index in [9.17, 15) is 0 Å². The Morgan fingerprint density at radius 3 is 2.94 bits per heavy atom. The molecule has 5 nitrogen and oxygen atoms in total. The van der Waals surface area contributed by atoms with Gasteiger partial charge in [-0.15, -0.1) is 0 Å². The van der Waals surface area contributed by atoms with Crippen LogP contribution >= 0.6 is 0 Å². The number of ether oxygens (including phenoxy) is 1. The van der Waals surface area contributed by atoms with E-state index < -0.39 is 0 Å². The third kappa shape index (κ3) is 3.84. The summed E-state index contributed by atoms with van der Waals surface area (Å²) in [5, 5.41) is 3.30. The molecule has 1 aliphatic heterocycles. The van der Waals surface area contributed by atoms with Gasteiger partial charge in [-0.3, -0.25) is 0 Å². The molecule has 0 spiro atoms. The van der Waals surface area contributed by atoms with Gasteiger partial charge in [0, 0.05) is 39.5 Å². The van der Waals surface area contributed by atoms with Crippen LogP contribution in [0.25, 0.3) is 0 Å². The van der Waals surface area contributed by atoms with E-state index in [2.05, 4.69) is 20.2 Å². The van der Waals surface area contributed by atoms with Crippen molar-refractivity contribution in [1.82, 2.24) is 9.97 Å². The lowest BCUT2D eigenvalue weighted by atomic mass is 10.1. The van der Waals surface area contributed by atoms with E-state index in [-0.39, 0.29) is 0 Å². The van der Waals surface area contributed by atoms with Crippen molar-refractivity contribution in [3.63, 3.8) is 0 Å². The van der Waals surface area contributed by atoms with Crippen molar-refractivity contribution in [1.29, 1.82) is 0 Å². The van der Waals surface area contributed by atoms with Crippen LogP contribution < -0.4 is 10.2 Å². The summed E-state index contributed by atoms with van der Waals surface area (Å²) in [6, 6.07) is 1.92. The van der Waals surface area contributed by atoms with Crippen LogP contribution in [0.4, 0.5) is 11.8 Å². The van der Waals surface area contributed by atoms with Gasteiger partial charge in [0.05, 0.1) is 0 Å². The highest BCUT2D eigenvalue weighted by atomic mass is 16.5. The maximum atomic E-state index is 5.02. The lowest BCUT2D eigenvalue weighted by molar-refractivity contribution is 0.198. The first-order valence-electron chi connectivity index (χ1n) is 6.71. The second-order valence-corrected chi connectivity index (χ2v) is 4.56. The maximum absolute atomic E-state index is 5.02. The molecule has 5 heteroatoms. The molecule has 1 aromatic rings. The van der Waals surface area contributed by atoms with Gasteiger partial charge in [-0.1, -0.05) is 0 Å². The van der Waals surface area contributed by atoms with Gasteiger partial charge < -0.3 is 15.0 Å². The Kier molecular flexibility index (Phi) is 5.20. The maximum Gasteiger partial charge on any atom is 0.227 e. The number of anilines is 2. The summed E-state index contributed by atoms with van der Waals surface area (Å²) in [5.74, 6) is 1.76. The first-order valence-corrected chi connectivity index (χ1v) is 6.71. The molecule has 2 rings (SSSR count). The molecule has 1 aliphatic rings. The van der Waals surface area contributed by atoms with Crippen LogP contribution in [0.1, 0.15) is 25.7 Å². The number of aromatic nitrogens is 2. The predicted octanol–water partition coefficient (Wildman–Crippen LogP) is 1.92. The fourth-order valence-electron chi connectivity index (χ4n) is 2.13. The van der Waals surface area contributed by atoms with Crippen molar-refractivity contribution in [3.05, 3.63) is 12.3 Å². The Bertz CT molecular complexity index is 353. The minimum Gasteiger partial charge on any atom is -0.385 e. The van der Waals surface area contributed by atoms with Gasteiger partial charge >= 0.3 is 0 Å². The van der Waals surface area contributed by atoms with E-state index in [1.54, 1.807) is 7.11 Å². The van der Waals surface area contributed by atoms with Gasteiger partial charge in [0.2, 0.25) is 5.95 Å². The Hall–Kier alpha value is -1.36. The van der Waals surface area contributed by atoms with E-state index >= 15 is 0 Å². The predicted molar refractivity (Wildman–Crippen MR) is 73.1 cm³/mol. The first kappa shape index (κ1) is 13.1. The molecule has 1 N–H and O–H groups in total. The Morgan fingerprint density at radius 1 is 1.33 bits per heavy atom. The van der Waals surface area contributed by atoms with Gasteiger partial charge in [0.1, 0.15) is 5.82 Å². The average molecular weight is 250 g/mol. The van der Waals surface area contributed by atoms with Crippen molar-refractivity contribution in [3.8, 4) is 0 Å². The van der Waals surface area contributed by atoms with Crippen molar-refractivity contribution >= 4 is 11.8 Å². The minimum absolute atomic E-state index is 0.775. The number of methoxy groups -OCH3 is 1. The summed E-state index contributed by atoms with van der Waals surface area (Å²) in [5.41, 5.74) is 0. The molecule has 0 radical (unpaired) electrons. The molecule has 0 unspecified atom stereocenters. The largest absolute Gasteiger partial charge is 0.385 e. The second kappa shape index (κ2) is 7.16. The molecule has 1 fully saturated rings. The van der Waals surface area contributed by atoms with Crippen LogP contribution in [0.15, 0.2) is 12.3 Å². The Labute approximate surface area is 109 Å². The molecule has 100 valence electrons. The lowest BCUT2D eigenvalue weighted by Crippen LogP contribution is -2.31. The zero-order chi connectivity index (χ0) is 12.6. The number of piperidine rings is 1. The summed E-state index contributed by atoms with van der Waals surface area (Å²) >= 11 is 0. The molecule has 0 amide bonds. The highest BCUT2D eigenvalue weighted by Crippen LogP contribution is 2.16. The van der Waals surface area contributed by atoms with Crippen LogP contribution in [-0.2, 0) is 4.74 Å². The summed E-state index contributed by atoms with van der Waals surface area (Å²) < 4.78 is 5.02. The van der Waals surface area contributed by atoms with Gasteiger partial charge in [0.25, 0.3) is 0 Å². The van der Waals surface area contributed by atoms with Crippen molar-refractivity contribution in [2.75, 3.05) is 43.6 Å². The molecular weight excluding hydrogens is 228 g/mol. The smallest absolute Gasteiger partial charge is 0.227 e. The highest BCUT2D eigenvalue weighted by molar-refractivity contribution is 5.41. The van der Waals surface area contributed by atoms with Gasteiger partial charge in [-0.2, -0.15) is 4.98 Å². The van der Waals surface area contributed by atoms with E-state index in [1.165, 1.54) is 19.3 Å². The molecule has 0 aliphatic carbocycles. The zero-order valence-electron chi connectivity index (χ0n) is 11.1. The van der Waals surface area contributed by atoms with E-state index in [0.29, 0.717) is 0 Å². The number of nitrogens with zero attached hydrogens (tertiary/aromatic N) is 3. The number of hydrogen-bond acceptors (Lipinski definition) is 5. The zero-order valence-corrected chi connectivity index (χ0v) is 11.1. The molecule has 0 bridgehead atoms. The van der Waals surface area contributed by atoms with E-state index in [4.69, 9.17) is 4.74 Å². The van der Waals surface area contributed by atoms with Crippen LogP contribution in [0.3, 0.4) is 0 Å². The van der Waals surface area contributed by atoms with E-state index in [1.807, 2.05) is 12.3 Å². The molecule has 2 heterocycles. The third-order valence-electron chi connectivity index (χ3n) is 3.11. The monoisotopic (exact) mass is 250 g/mol. The number of hydrogen-bond donors (Lipinski definition) is 1. The molecular formula is C13H22N4O. The molecule has 0 atom stereocenters. The topological polar surface area (TPSA) is 50.3 Å². The highest BCUT2D eigenvalue weighted by Gasteiger charge is 2.13. The number of rotatable bonds is 6. The Morgan fingerprint density at radius 2 is 2.17 bits per heavy atom. The SMILES string of the molecule is COCCCNc1ccnc(N2CCCCC2)n1. The molecule has 1 saturated heterocycles. The van der Waals surface area contributed by atoms with Crippen LogP contribution in [-0.4, -0.2) is 43.3 Å². The lowest BCUT2D eigenvalue weighted by Gasteiger charge is -2.26. The van der Waals surface area contributed by atoms with Crippen molar-refractivity contribution < 1.29 is 4.74 Å². The normalized spacial score (nSPS) is 15.7. The molecule has 0 aromatic carbocycles. The Balaban J connectivity index is 1.88. The quantitative estimate of drug-likeness (QED) is 0.782. The van der Waals surface area contributed by atoms with Crippen molar-refractivity contribution in [2.45, 2.75) is 25.7 Å². The first-order chi connectivity index (χ1) is 8.90. The van der Waals surface area contributed by atoms with Crippen LogP contribution in [0.2, 0.25) is 0 Å². The standard InChI is InChI=1S/C13H22N4O/c1-18-11-5-7-14-12-6-8-15-13(16-12)17-9-3-2-4-10-17/h6,8H,2-5,7,9-11H2,1H3,(H,14,15,16). The average Bonchev–Trinajstić information content (AvgIpc) is 2.45. The fraction of sp³-hybridized carbons (Fsp3) is 0.692. The van der Waals surface area contributed by atoms with Crippen molar-refractivity contribution in [2.24, 2.45) is 0 Å². The minimum atomic E-state index is 0.775. The summed E-state index contributed by atoms with van der Waals surface area (Å²) in [4.78, 5) is 11.2. The number of nitrogens with one attached hydrogen (secondary N) is 1. The summed E-state index contributed by atoms with van der Waals surface area (Å²) in [7, 11) is 1.72. The summed E-state index contributed by atoms with van der Waals surface area (Å²) in [6.45, 7) is 3.81. The fourth-order valence-corrected chi connectivity index (χ4v) is 2.13. The molecule has 0 saturated carbocycles. The van der Waals surface area contributed by atoms with Crippen LogP contribution in [0.5, 0.6) is 0 Å². The van der Waals surface area contributed by atoms with Gasteiger partial charge in [0.15, 0.2) is 0 Å². The van der Waals surface area contributed by atoms with Gasteiger partial charge in [-0.05, 0) is 31.7 Å². The van der Waals surface area contributed by atoms with Gasteiger partial charge in [-0.25, -0.2) is 4.98 Å². The van der Waals surface area contributed by atoms with Crippen LogP contribution in [0, 0.1) is 0 Å². The molecule has 18 heavy (non-hydrogen) atoms. The molecule has 1 aromatic heterocycles. The second-order valence-electron chi connectivity index (χ2n) is 4.56. The summed E-state index contributed by atoms with van der Waals surface area (Å²) in [6.07, 6.45) is 6.63. The third-order valence-corrected chi connectivity index (χ3v) is 3.11.